The minimum atomic E-state index is 0.468. The Balaban J connectivity index is 2.13. The van der Waals surface area contributed by atoms with E-state index in [9.17, 15) is 0 Å². The van der Waals surface area contributed by atoms with Gasteiger partial charge in [-0.25, -0.2) is 0 Å². The molecule has 0 saturated heterocycles. The SMILES string of the molecule is CC(NCCCCN(C)C)c1cc(Br)cs1. The standard InChI is InChI=1S/C12H21BrN2S/c1-10(12-8-11(13)9-16-12)14-6-4-5-7-15(2)3/h8-10,14H,4-7H2,1-3H3. The molecule has 0 radical (unpaired) electrons. The maximum atomic E-state index is 3.56. The fourth-order valence-corrected chi connectivity index (χ4v) is 3.01. The Morgan fingerprint density at radius 2 is 2.19 bits per heavy atom. The van der Waals surface area contributed by atoms with Crippen LogP contribution in [0, 0.1) is 0 Å². The van der Waals surface area contributed by atoms with E-state index in [0.29, 0.717) is 6.04 Å². The van der Waals surface area contributed by atoms with Crippen molar-refractivity contribution in [3.05, 3.63) is 20.8 Å². The third kappa shape index (κ3) is 5.43. The quantitative estimate of drug-likeness (QED) is 0.776. The molecule has 0 fully saturated rings. The highest BCUT2D eigenvalue weighted by molar-refractivity contribution is 9.10. The number of thiophene rings is 1. The van der Waals surface area contributed by atoms with Crippen LogP contribution in [-0.2, 0) is 0 Å². The van der Waals surface area contributed by atoms with Crippen molar-refractivity contribution in [1.29, 1.82) is 0 Å². The zero-order chi connectivity index (χ0) is 12.0. The van der Waals surface area contributed by atoms with Crippen LogP contribution in [0.25, 0.3) is 0 Å². The van der Waals surface area contributed by atoms with Gasteiger partial charge in [0.1, 0.15) is 0 Å². The molecule has 2 nitrogen and oxygen atoms in total. The first-order valence-corrected chi connectivity index (χ1v) is 7.39. The average Bonchev–Trinajstić information content (AvgIpc) is 2.63. The molecule has 0 bridgehead atoms. The van der Waals surface area contributed by atoms with E-state index in [-0.39, 0.29) is 0 Å². The summed E-state index contributed by atoms with van der Waals surface area (Å²) in [6.45, 7) is 4.51. The van der Waals surface area contributed by atoms with Crippen molar-refractivity contribution in [2.24, 2.45) is 0 Å². The van der Waals surface area contributed by atoms with Gasteiger partial charge < -0.3 is 10.2 Å². The number of hydrogen-bond donors (Lipinski definition) is 1. The number of rotatable bonds is 7. The van der Waals surface area contributed by atoms with Crippen molar-refractivity contribution in [3.8, 4) is 0 Å². The van der Waals surface area contributed by atoms with Gasteiger partial charge in [0, 0.05) is 20.8 Å². The van der Waals surface area contributed by atoms with Crippen LogP contribution in [-0.4, -0.2) is 32.1 Å². The summed E-state index contributed by atoms with van der Waals surface area (Å²) in [6.07, 6.45) is 2.51. The molecule has 0 aliphatic rings. The van der Waals surface area contributed by atoms with Crippen LogP contribution < -0.4 is 5.32 Å². The zero-order valence-electron chi connectivity index (χ0n) is 10.3. The van der Waals surface area contributed by atoms with Crippen molar-refractivity contribution >= 4 is 27.3 Å². The Hall–Kier alpha value is 0.1000. The van der Waals surface area contributed by atoms with E-state index in [1.165, 1.54) is 28.7 Å². The molecular formula is C12H21BrN2S. The fourth-order valence-electron chi connectivity index (χ4n) is 1.53. The first kappa shape index (κ1) is 14.2. The molecule has 0 aromatic carbocycles. The Labute approximate surface area is 111 Å². The summed E-state index contributed by atoms with van der Waals surface area (Å²) in [5, 5.41) is 5.70. The van der Waals surface area contributed by atoms with Gasteiger partial charge in [0.25, 0.3) is 0 Å². The Kier molecular flexibility index (Phi) is 6.58. The summed E-state index contributed by atoms with van der Waals surface area (Å²) < 4.78 is 1.19. The molecule has 4 heteroatoms. The largest absolute Gasteiger partial charge is 0.309 e. The number of nitrogens with one attached hydrogen (secondary N) is 1. The van der Waals surface area contributed by atoms with Gasteiger partial charge in [-0.1, -0.05) is 0 Å². The third-order valence-electron chi connectivity index (χ3n) is 2.50. The monoisotopic (exact) mass is 304 g/mol. The van der Waals surface area contributed by atoms with Crippen molar-refractivity contribution in [1.82, 2.24) is 10.2 Å². The number of unbranched alkanes of at least 4 members (excludes halogenated alkanes) is 1. The van der Waals surface area contributed by atoms with E-state index in [2.05, 4.69) is 58.6 Å². The maximum Gasteiger partial charge on any atom is 0.0386 e. The van der Waals surface area contributed by atoms with Crippen LogP contribution >= 0.6 is 27.3 Å². The summed E-state index contributed by atoms with van der Waals surface area (Å²) >= 11 is 5.30. The van der Waals surface area contributed by atoms with Crippen molar-refractivity contribution < 1.29 is 0 Å². The number of hydrogen-bond acceptors (Lipinski definition) is 3. The number of halogens is 1. The van der Waals surface area contributed by atoms with E-state index >= 15 is 0 Å². The smallest absolute Gasteiger partial charge is 0.0386 e. The molecule has 1 unspecified atom stereocenters. The topological polar surface area (TPSA) is 15.3 Å². The fraction of sp³-hybridized carbons (Fsp3) is 0.667. The second kappa shape index (κ2) is 7.43. The number of nitrogens with zero attached hydrogens (tertiary/aromatic N) is 1. The maximum absolute atomic E-state index is 3.56. The lowest BCUT2D eigenvalue weighted by atomic mass is 10.2. The molecule has 1 N–H and O–H groups in total. The minimum Gasteiger partial charge on any atom is -0.309 e. The molecule has 0 aliphatic carbocycles. The molecule has 0 aliphatic heterocycles. The Morgan fingerprint density at radius 1 is 1.44 bits per heavy atom. The molecule has 92 valence electrons. The van der Waals surface area contributed by atoms with Gasteiger partial charge in [-0.15, -0.1) is 11.3 Å². The van der Waals surface area contributed by atoms with Gasteiger partial charge in [-0.05, 0) is 68.9 Å². The van der Waals surface area contributed by atoms with Crippen LogP contribution in [0.15, 0.2) is 15.9 Å². The first-order valence-electron chi connectivity index (χ1n) is 5.71. The second-order valence-corrected chi connectivity index (χ2v) is 6.21. The van der Waals surface area contributed by atoms with Gasteiger partial charge in [-0.2, -0.15) is 0 Å². The molecule has 1 atom stereocenters. The highest BCUT2D eigenvalue weighted by Gasteiger charge is 2.06. The Bertz CT molecular complexity index is 299. The van der Waals surface area contributed by atoms with E-state index in [0.717, 1.165) is 6.54 Å². The van der Waals surface area contributed by atoms with Crippen molar-refractivity contribution in [3.63, 3.8) is 0 Å². The van der Waals surface area contributed by atoms with E-state index in [1.807, 2.05) is 11.3 Å². The van der Waals surface area contributed by atoms with Gasteiger partial charge >= 0.3 is 0 Å². The summed E-state index contributed by atoms with van der Waals surface area (Å²) in [5.41, 5.74) is 0. The van der Waals surface area contributed by atoms with Crippen LogP contribution in [0.5, 0.6) is 0 Å². The first-order chi connectivity index (χ1) is 7.59. The summed E-state index contributed by atoms with van der Waals surface area (Å²) in [5.74, 6) is 0. The summed E-state index contributed by atoms with van der Waals surface area (Å²) in [6, 6.07) is 2.66. The highest BCUT2D eigenvalue weighted by Crippen LogP contribution is 2.25. The molecular weight excluding hydrogens is 284 g/mol. The van der Waals surface area contributed by atoms with Gasteiger partial charge in [0.2, 0.25) is 0 Å². The Morgan fingerprint density at radius 3 is 2.75 bits per heavy atom. The average molecular weight is 305 g/mol. The van der Waals surface area contributed by atoms with Gasteiger partial charge in [0.15, 0.2) is 0 Å². The molecule has 0 saturated carbocycles. The molecule has 1 aromatic rings. The molecule has 1 aromatic heterocycles. The highest BCUT2D eigenvalue weighted by atomic mass is 79.9. The third-order valence-corrected chi connectivity index (χ3v) is 4.37. The van der Waals surface area contributed by atoms with Crippen LogP contribution in [0.2, 0.25) is 0 Å². The van der Waals surface area contributed by atoms with Gasteiger partial charge in [0.05, 0.1) is 0 Å². The molecule has 0 spiro atoms. The van der Waals surface area contributed by atoms with Crippen LogP contribution in [0.3, 0.4) is 0 Å². The van der Waals surface area contributed by atoms with Crippen molar-refractivity contribution in [2.45, 2.75) is 25.8 Å². The van der Waals surface area contributed by atoms with E-state index in [1.54, 1.807) is 0 Å². The van der Waals surface area contributed by atoms with E-state index < -0.39 is 0 Å². The predicted molar refractivity (Wildman–Crippen MR) is 76.2 cm³/mol. The normalized spacial score (nSPS) is 13.3. The van der Waals surface area contributed by atoms with E-state index in [4.69, 9.17) is 0 Å². The molecule has 16 heavy (non-hydrogen) atoms. The zero-order valence-corrected chi connectivity index (χ0v) is 12.7. The molecule has 1 heterocycles. The summed E-state index contributed by atoms with van der Waals surface area (Å²) in [4.78, 5) is 3.64. The second-order valence-electron chi connectivity index (χ2n) is 4.35. The predicted octanol–water partition coefficient (Wildman–Crippen LogP) is 3.50. The lowest BCUT2D eigenvalue weighted by Crippen LogP contribution is -2.20. The van der Waals surface area contributed by atoms with Crippen LogP contribution in [0.4, 0.5) is 0 Å². The molecule has 1 rings (SSSR count). The molecule has 0 amide bonds. The van der Waals surface area contributed by atoms with Crippen molar-refractivity contribution in [2.75, 3.05) is 27.2 Å². The minimum absolute atomic E-state index is 0.468. The summed E-state index contributed by atoms with van der Waals surface area (Å²) in [7, 11) is 4.25. The van der Waals surface area contributed by atoms with Gasteiger partial charge in [-0.3, -0.25) is 0 Å². The van der Waals surface area contributed by atoms with Crippen LogP contribution in [0.1, 0.15) is 30.7 Å². The lowest BCUT2D eigenvalue weighted by Gasteiger charge is -2.13. The lowest BCUT2D eigenvalue weighted by molar-refractivity contribution is 0.389.